The number of carbonyl (C=O) groups is 4. The Balaban J connectivity index is 1.79. The van der Waals surface area contributed by atoms with E-state index >= 15 is 0 Å². The van der Waals surface area contributed by atoms with Crippen LogP contribution in [0.3, 0.4) is 0 Å². The summed E-state index contributed by atoms with van der Waals surface area (Å²) in [5, 5.41) is 8.15. The first-order valence-electron chi connectivity index (χ1n) is 13.6. The zero-order valence-electron chi connectivity index (χ0n) is 22.2. The lowest BCUT2D eigenvalue weighted by Crippen LogP contribution is -2.52. The minimum Gasteiger partial charge on any atom is -0.356 e. The van der Waals surface area contributed by atoms with E-state index in [1.807, 2.05) is 67.6 Å². The Morgan fingerprint density at radius 2 is 1.53 bits per heavy atom. The molecule has 0 aromatic heterocycles. The predicted molar refractivity (Wildman–Crippen MR) is 151 cm³/mol. The fraction of sp³-hybridized carbons (Fsp3) is 0.375. The van der Waals surface area contributed by atoms with Gasteiger partial charge in [-0.1, -0.05) is 92.6 Å². The second-order valence-corrected chi connectivity index (χ2v) is 9.75. The first kappa shape index (κ1) is 28.8. The van der Waals surface area contributed by atoms with Crippen LogP contribution in [0, 0.1) is 0 Å². The molecule has 0 heterocycles. The van der Waals surface area contributed by atoms with Crippen LogP contribution in [0.5, 0.6) is 0 Å². The van der Waals surface area contributed by atoms with Crippen LogP contribution in [0.25, 0.3) is 10.8 Å². The van der Waals surface area contributed by atoms with E-state index < -0.39 is 5.54 Å². The standard InChI is InChI=1S/C32H38N2O4/c1-2-27(36)17-7-4-10-22-32(23-33-24-35,29-19-11-16-25-13-8-9-18-28(25)29)34-31(38)21-12-20-30(37)26-14-5-3-6-15-26/h3,5-6,8-9,11,13-16,18-19,24H,2,4,7,10,12,17,20-23H2,1H3,(H,33,35)(H,34,38)/t32-/m1/s1. The number of carbonyl (C=O) groups excluding carboxylic acids is 4. The summed E-state index contributed by atoms with van der Waals surface area (Å²) < 4.78 is 0. The number of Topliss-reactive ketones (excluding diaryl/α,β-unsaturated/α-hetero) is 2. The second-order valence-electron chi connectivity index (χ2n) is 9.75. The van der Waals surface area contributed by atoms with Crippen molar-refractivity contribution < 1.29 is 19.2 Å². The minimum absolute atomic E-state index is 0.0166. The summed E-state index contributed by atoms with van der Waals surface area (Å²) in [5.74, 6) is 0.113. The van der Waals surface area contributed by atoms with E-state index in [1.165, 1.54) is 0 Å². The molecule has 200 valence electrons. The Hall–Kier alpha value is -3.80. The van der Waals surface area contributed by atoms with E-state index in [2.05, 4.69) is 10.6 Å². The van der Waals surface area contributed by atoms with E-state index in [0.717, 1.165) is 35.6 Å². The monoisotopic (exact) mass is 514 g/mol. The largest absolute Gasteiger partial charge is 0.356 e. The van der Waals surface area contributed by atoms with Crippen LogP contribution in [0.15, 0.2) is 72.8 Å². The highest BCUT2D eigenvalue weighted by Crippen LogP contribution is 2.33. The van der Waals surface area contributed by atoms with Crippen molar-refractivity contribution in [1.29, 1.82) is 0 Å². The molecule has 3 rings (SSSR count). The number of nitrogens with one attached hydrogen (secondary N) is 2. The number of hydrogen-bond acceptors (Lipinski definition) is 4. The Labute approximate surface area is 225 Å². The van der Waals surface area contributed by atoms with Crippen molar-refractivity contribution in [2.75, 3.05) is 6.54 Å². The number of rotatable bonds is 17. The molecular formula is C32H38N2O4. The van der Waals surface area contributed by atoms with Crippen molar-refractivity contribution in [3.8, 4) is 0 Å². The summed E-state index contributed by atoms with van der Waals surface area (Å²) in [7, 11) is 0. The van der Waals surface area contributed by atoms with Crippen LogP contribution in [0.2, 0.25) is 0 Å². The number of amides is 2. The molecule has 0 unspecified atom stereocenters. The van der Waals surface area contributed by atoms with E-state index in [4.69, 9.17) is 0 Å². The molecule has 6 nitrogen and oxygen atoms in total. The van der Waals surface area contributed by atoms with Crippen LogP contribution >= 0.6 is 0 Å². The summed E-state index contributed by atoms with van der Waals surface area (Å²) in [6, 6.07) is 23.1. The molecule has 0 aliphatic rings. The lowest BCUT2D eigenvalue weighted by atomic mass is 9.81. The minimum atomic E-state index is -0.822. The molecule has 0 saturated heterocycles. The smallest absolute Gasteiger partial charge is 0.220 e. The zero-order chi connectivity index (χ0) is 27.2. The average molecular weight is 515 g/mol. The van der Waals surface area contributed by atoms with Gasteiger partial charge in [0.25, 0.3) is 0 Å². The van der Waals surface area contributed by atoms with Gasteiger partial charge in [0.1, 0.15) is 5.78 Å². The summed E-state index contributed by atoms with van der Waals surface area (Å²) in [6.45, 7) is 2.12. The van der Waals surface area contributed by atoms with Gasteiger partial charge in [-0.05, 0) is 35.6 Å². The van der Waals surface area contributed by atoms with Gasteiger partial charge < -0.3 is 10.6 Å². The quantitative estimate of drug-likeness (QED) is 0.134. The van der Waals surface area contributed by atoms with Crippen LogP contribution < -0.4 is 10.6 Å². The van der Waals surface area contributed by atoms with Crippen molar-refractivity contribution in [3.63, 3.8) is 0 Å². The van der Waals surface area contributed by atoms with Crippen LogP contribution in [-0.4, -0.2) is 30.4 Å². The second kappa shape index (κ2) is 14.8. The van der Waals surface area contributed by atoms with Crippen LogP contribution in [-0.2, 0) is 19.9 Å². The number of unbranched alkanes of at least 4 members (excludes halogenated alkanes) is 2. The molecule has 0 fully saturated rings. The molecular weight excluding hydrogens is 476 g/mol. The predicted octanol–water partition coefficient (Wildman–Crippen LogP) is 5.88. The molecule has 1 atom stereocenters. The van der Waals surface area contributed by atoms with Crippen LogP contribution in [0.1, 0.15) is 80.6 Å². The average Bonchev–Trinajstić information content (AvgIpc) is 2.95. The van der Waals surface area contributed by atoms with E-state index in [-0.39, 0.29) is 36.9 Å². The Kier molecular flexibility index (Phi) is 11.2. The number of ketones is 2. The van der Waals surface area contributed by atoms with E-state index in [9.17, 15) is 19.2 Å². The van der Waals surface area contributed by atoms with Gasteiger partial charge in [-0.15, -0.1) is 0 Å². The molecule has 3 aromatic carbocycles. The maximum atomic E-state index is 13.3. The van der Waals surface area contributed by atoms with Crippen molar-refractivity contribution in [2.45, 2.75) is 70.3 Å². The summed E-state index contributed by atoms with van der Waals surface area (Å²) >= 11 is 0. The lowest BCUT2D eigenvalue weighted by molar-refractivity contribution is -0.123. The van der Waals surface area contributed by atoms with Gasteiger partial charge in [0.2, 0.25) is 12.3 Å². The Morgan fingerprint density at radius 1 is 0.789 bits per heavy atom. The zero-order valence-corrected chi connectivity index (χ0v) is 22.2. The Morgan fingerprint density at radius 3 is 2.29 bits per heavy atom. The maximum Gasteiger partial charge on any atom is 0.220 e. The third kappa shape index (κ3) is 8.10. The SMILES string of the molecule is CCC(=O)CCCCC[C@](CNC=O)(NC(=O)CCCC(=O)c1ccccc1)c1cccc2ccccc12. The number of benzene rings is 3. The van der Waals surface area contributed by atoms with Gasteiger partial charge in [0, 0.05) is 37.8 Å². The first-order valence-corrected chi connectivity index (χ1v) is 13.6. The summed E-state index contributed by atoms with van der Waals surface area (Å²) in [5.41, 5.74) is 0.773. The van der Waals surface area contributed by atoms with Crippen molar-refractivity contribution >= 4 is 34.7 Å². The van der Waals surface area contributed by atoms with E-state index in [1.54, 1.807) is 12.1 Å². The van der Waals surface area contributed by atoms with E-state index in [0.29, 0.717) is 37.7 Å². The maximum absolute atomic E-state index is 13.3. The highest BCUT2D eigenvalue weighted by atomic mass is 16.2. The molecule has 2 N–H and O–H groups in total. The number of hydrogen-bond donors (Lipinski definition) is 2. The normalized spacial score (nSPS) is 12.4. The molecule has 3 aromatic rings. The summed E-state index contributed by atoms with van der Waals surface area (Å²) in [6.07, 6.45) is 5.74. The first-order chi connectivity index (χ1) is 18.5. The van der Waals surface area contributed by atoms with Gasteiger partial charge in [0.05, 0.1) is 5.54 Å². The van der Waals surface area contributed by atoms with Crippen molar-refractivity contribution in [2.24, 2.45) is 0 Å². The fourth-order valence-corrected chi connectivity index (χ4v) is 4.96. The molecule has 6 heteroatoms. The van der Waals surface area contributed by atoms with Gasteiger partial charge >= 0.3 is 0 Å². The lowest BCUT2D eigenvalue weighted by Gasteiger charge is -2.36. The molecule has 0 aliphatic carbocycles. The fourth-order valence-electron chi connectivity index (χ4n) is 4.96. The van der Waals surface area contributed by atoms with Gasteiger partial charge in [-0.25, -0.2) is 0 Å². The molecule has 0 saturated carbocycles. The molecule has 2 amide bonds. The molecule has 0 aliphatic heterocycles. The highest BCUT2D eigenvalue weighted by molar-refractivity contribution is 5.96. The topological polar surface area (TPSA) is 92.3 Å². The van der Waals surface area contributed by atoms with Crippen molar-refractivity contribution in [3.05, 3.63) is 83.9 Å². The van der Waals surface area contributed by atoms with Gasteiger partial charge in [-0.3, -0.25) is 19.2 Å². The highest BCUT2D eigenvalue weighted by Gasteiger charge is 2.34. The van der Waals surface area contributed by atoms with Gasteiger partial charge in [0.15, 0.2) is 5.78 Å². The molecule has 0 bridgehead atoms. The number of fused-ring (bicyclic) bond motifs is 1. The molecule has 0 spiro atoms. The van der Waals surface area contributed by atoms with Crippen LogP contribution in [0.4, 0.5) is 0 Å². The summed E-state index contributed by atoms with van der Waals surface area (Å²) in [4.78, 5) is 48.9. The third-order valence-corrected chi connectivity index (χ3v) is 7.03. The van der Waals surface area contributed by atoms with Gasteiger partial charge in [-0.2, -0.15) is 0 Å². The molecule has 38 heavy (non-hydrogen) atoms. The third-order valence-electron chi connectivity index (χ3n) is 7.03. The van der Waals surface area contributed by atoms with Crippen molar-refractivity contribution in [1.82, 2.24) is 10.6 Å². The Bertz CT molecular complexity index is 1220. The molecule has 0 radical (unpaired) electrons.